The van der Waals surface area contributed by atoms with Crippen LogP contribution in [-0.4, -0.2) is 42.8 Å². The number of benzene rings is 1. The fourth-order valence-electron chi connectivity index (χ4n) is 1.95. The van der Waals surface area contributed by atoms with E-state index in [0.29, 0.717) is 18.9 Å². The van der Waals surface area contributed by atoms with Gasteiger partial charge in [-0.3, -0.25) is 10.1 Å². The molecule has 0 saturated carbocycles. The van der Waals surface area contributed by atoms with Gasteiger partial charge in [0.05, 0.1) is 23.8 Å². The quantitative estimate of drug-likeness (QED) is 0.623. The number of hydrogen-bond donors (Lipinski definition) is 2. The van der Waals surface area contributed by atoms with Gasteiger partial charge in [0.1, 0.15) is 0 Å². The average Bonchev–Trinajstić information content (AvgIpc) is 2.40. The van der Waals surface area contributed by atoms with Crippen LogP contribution in [-0.2, 0) is 4.74 Å². The zero-order chi connectivity index (χ0) is 13.7. The van der Waals surface area contributed by atoms with Crippen LogP contribution in [0.5, 0.6) is 0 Å². The molecule has 0 bridgehead atoms. The van der Waals surface area contributed by atoms with Crippen LogP contribution in [0.2, 0.25) is 0 Å². The lowest BCUT2D eigenvalue weighted by atomic mass is 10.2. The summed E-state index contributed by atoms with van der Waals surface area (Å²) in [5.74, 6) is 0. The summed E-state index contributed by atoms with van der Waals surface area (Å²) in [6.45, 7) is 5.54. The number of nitrogens with one attached hydrogen (secondary N) is 2. The van der Waals surface area contributed by atoms with E-state index in [0.717, 1.165) is 25.3 Å². The highest BCUT2D eigenvalue weighted by Crippen LogP contribution is 2.24. The molecule has 0 radical (unpaired) electrons. The lowest BCUT2D eigenvalue weighted by molar-refractivity contribution is -0.384. The van der Waals surface area contributed by atoms with E-state index < -0.39 is 0 Å². The van der Waals surface area contributed by atoms with Crippen LogP contribution in [0.4, 0.5) is 17.1 Å². The van der Waals surface area contributed by atoms with Crippen molar-refractivity contribution in [1.29, 1.82) is 0 Å². The highest BCUT2D eigenvalue weighted by molar-refractivity contribution is 5.63. The van der Waals surface area contributed by atoms with Gasteiger partial charge in [-0.15, -0.1) is 0 Å². The maximum atomic E-state index is 10.9. The number of hydrazine groups is 1. The number of anilines is 2. The third-order valence-corrected chi connectivity index (χ3v) is 2.81. The predicted molar refractivity (Wildman–Crippen MR) is 73.3 cm³/mol. The molecule has 7 nitrogen and oxygen atoms in total. The molecule has 2 N–H and O–H groups in total. The molecule has 1 saturated heterocycles. The molecule has 0 unspecified atom stereocenters. The monoisotopic (exact) mass is 266 g/mol. The lowest BCUT2D eigenvalue weighted by Gasteiger charge is -2.28. The first-order valence-corrected chi connectivity index (χ1v) is 6.31. The van der Waals surface area contributed by atoms with Crippen LogP contribution in [0.25, 0.3) is 0 Å². The third kappa shape index (κ3) is 3.80. The van der Waals surface area contributed by atoms with Gasteiger partial charge in [-0.1, -0.05) is 0 Å². The van der Waals surface area contributed by atoms with Gasteiger partial charge in [0.2, 0.25) is 0 Å². The Kier molecular flexibility index (Phi) is 4.53. The van der Waals surface area contributed by atoms with E-state index in [1.807, 2.05) is 18.0 Å². The summed E-state index contributed by atoms with van der Waals surface area (Å²) < 4.78 is 5.26. The van der Waals surface area contributed by atoms with E-state index in [1.54, 1.807) is 0 Å². The molecule has 0 aromatic heterocycles. The van der Waals surface area contributed by atoms with E-state index in [2.05, 4.69) is 10.7 Å². The molecule has 0 amide bonds. The van der Waals surface area contributed by atoms with Crippen LogP contribution in [0.15, 0.2) is 18.2 Å². The largest absolute Gasteiger partial charge is 0.385 e. The molecule has 0 atom stereocenters. The lowest BCUT2D eigenvalue weighted by Crippen LogP contribution is -2.40. The molecule has 104 valence electrons. The molecule has 1 heterocycles. The summed E-state index contributed by atoms with van der Waals surface area (Å²) >= 11 is 0. The predicted octanol–water partition coefficient (Wildman–Crippen LogP) is 1.69. The van der Waals surface area contributed by atoms with Crippen molar-refractivity contribution in [2.24, 2.45) is 0 Å². The Labute approximate surface area is 111 Å². The summed E-state index contributed by atoms with van der Waals surface area (Å²) in [6, 6.07) is 4.94. The smallest absolute Gasteiger partial charge is 0.273 e. The number of morpholine rings is 1. The van der Waals surface area contributed by atoms with Crippen LogP contribution in [0.3, 0.4) is 0 Å². The average molecular weight is 266 g/mol. The molecule has 1 aliphatic rings. The molecule has 1 aromatic carbocycles. The van der Waals surface area contributed by atoms with Crippen molar-refractivity contribution in [3.63, 3.8) is 0 Å². The molecule has 0 aliphatic carbocycles. The maximum Gasteiger partial charge on any atom is 0.273 e. The standard InChI is InChI=1S/C12H18N4O3/c1-2-13-10-7-11(9-12(8-10)16(17)18)14-15-3-5-19-6-4-15/h7-9,13-14H,2-6H2,1H3. The second kappa shape index (κ2) is 6.35. The Bertz CT molecular complexity index is 447. The van der Waals surface area contributed by atoms with Gasteiger partial charge < -0.3 is 15.5 Å². The van der Waals surface area contributed by atoms with Crippen molar-refractivity contribution in [3.05, 3.63) is 28.3 Å². The first-order valence-electron chi connectivity index (χ1n) is 6.31. The number of nitro benzene ring substituents is 1. The molecule has 7 heteroatoms. The van der Waals surface area contributed by atoms with E-state index in [1.165, 1.54) is 12.1 Å². The number of ether oxygens (including phenoxy) is 1. The molecule has 0 spiro atoms. The second-order valence-corrected chi connectivity index (χ2v) is 4.27. The summed E-state index contributed by atoms with van der Waals surface area (Å²) in [7, 11) is 0. The van der Waals surface area contributed by atoms with E-state index in [-0.39, 0.29) is 10.6 Å². The van der Waals surface area contributed by atoms with Crippen molar-refractivity contribution in [1.82, 2.24) is 5.01 Å². The Hall–Kier alpha value is -1.86. The van der Waals surface area contributed by atoms with Crippen LogP contribution < -0.4 is 10.7 Å². The number of non-ortho nitro benzene ring substituents is 1. The number of nitro groups is 1. The normalized spacial score (nSPS) is 16.1. The van der Waals surface area contributed by atoms with Gasteiger partial charge in [-0.2, -0.15) is 0 Å². The first kappa shape index (κ1) is 13.6. The summed E-state index contributed by atoms with van der Waals surface area (Å²) in [5, 5.41) is 16.0. The summed E-state index contributed by atoms with van der Waals surface area (Å²) in [5.41, 5.74) is 4.72. The fraction of sp³-hybridized carbons (Fsp3) is 0.500. The van der Waals surface area contributed by atoms with E-state index in [9.17, 15) is 10.1 Å². The zero-order valence-corrected chi connectivity index (χ0v) is 10.9. The van der Waals surface area contributed by atoms with Crippen molar-refractivity contribution in [2.45, 2.75) is 6.92 Å². The first-order chi connectivity index (χ1) is 9.19. The summed E-state index contributed by atoms with van der Waals surface area (Å²) in [6.07, 6.45) is 0. The van der Waals surface area contributed by atoms with Gasteiger partial charge in [0.15, 0.2) is 0 Å². The third-order valence-electron chi connectivity index (χ3n) is 2.81. The van der Waals surface area contributed by atoms with Crippen LogP contribution in [0, 0.1) is 10.1 Å². The van der Waals surface area contributed by atoms with Crippen molar-refractivity contribution < 1.29 is 9.66 Å². The maximum absolute atomic E-state index is 10.9. The van der Waals surface area contributed by atoms with Crippen molar-refractivity contribution >= 4 is 17.1 Å². The number of hydrogen-bond acceptors (Lipinski definition) is 6. The minimum Gasteiger partial charge on any atom is -0.385 e. The highest BCUT2D eigenvalue weighted by atomic mass is 16.6. The molecule has 1 aromatic rings. The SMILES string of the molecule is CCNc1cc(NN2CCOCC2)cc([N+](=O)[O-])c1. The zero-order valence-electron chi connectivity index (χ0n) is 10.9. The fourth-order valence-corrected chi connectivity index (χ4v) is 1.95. The number of rotatable bonds is 5. The van der Waals surface area contributed by atoms with Crippen molar-refractivity contribution in [3.8, 4) is 0 Å². The number of nitrogens with zero attached hydrogens (tertiary/aromatic N) is 2. The molecule has 19 heavy (non-hydrogen) atoms. The second-order valence-electron chi connectivity index (χ2n) is 4.27. The van der Waals surface area contributed by atoms with E-state index in [4.69, 9.17) is 4.74 Å². The molecular formula is C12H18N4O3. The topological polar surface area (TPSA) is 79.7 Å². The van der Waals surface area contributed by atoms with Gasteiger partial charge in [-0.05, 0) is 13.0 Å². The van der Waals surface area contributed by atoms with Gasteiger partial charge in [-0.25, -0.2) is 5.01 Å². The Morgan fingerprint density at radius 2 is 2.00 bits per heavy atom. The molecule has 2 rings (SSSR count). The van der Waals surface area contributed by atoms with E-state index >= 15 is 0 Å². The van der Waals surface area contributed by atoms with Gasteiger partial charge >= 0.3 is 0 Å². The summed E-state index contributed by atoms with van der Waals surface area (Å²) in [4.78, 5) is 10.5. The molecular weight excluding hydrogens is 248 g/mol. The molecule has 1 fully saturated rings. The Morgan fingerprint density at radius 3 is 2.63 bits per heavy atom. The van der Waals surface area contributed by atoms with Crippen molar-refractivity contribution in [2.75, 3.05) is 43.6 Å². The van der Waals surface area contributed by atoms with Crippen LogP contribution >= 0.6 is 0 Å². The van der Waals surface area contributed by atoms with Gasteiger partial charge in [0.25, 0.3) is 5.69 Å². The minimum atomic E-state index is -0.384. The Balaban J connectivity index is 2.15. The molecule has 1 aliphatic heterocycles. The van der Waals surface area contributed by atoms with Gasteiger partial charge in [0, 0.05) is 37.5 Å². The highest BCUT2D eigenvalue weighted by Gasteiger charge is 2.13. The van der Waals surface area contributed by atoms with Crippen LogP contribution in [0.1, 0.15) is 6.92 Å². The minimum absolute atomic E-state index is 0.0780. The Morgan fingerprint density at radius 1 is 1.32 bits per heavy atom.